The summed E-state index contributed by atoms with van der Waals surface area (Å²) in [6, 6.07) is 22.5. The van der Waals surface area contributed by atoms with Crippen molar-refractivity contribution < 1.29 is 33.6 Å². The largest absolute Gasteiger partial charge is 0.496 e. The van der Waals surface area contributed by atoms with E-state index in [1.807, 2.05) is 60.7 Å². The average molecular weight is 465 g/mol. The molecule has 178 valence electrons. The molecule has 0 amide bonds. The van der Waals surface area contributed by atoms with Crippen LogP contribution in [0.3, 0.4) is 0 Å². The van der Waals surface area contributed by atoms with Crippen molar-refractivity contribution in [3.8, 4) is 17.2 Å². The highest BCUT2D eigenvalue weighted by Crippen LogP contribution is 2.36. The number of carboxylic acid groups (broad SMARTS) is 1. The summed E-state index contributed by atoms with van der Waals surface area (Å²) in [6.45, 7) is 0.00746. The second kappa shape index (κ2) is 11.7. The fourth-order valence-electron chi connectivity index (χ4n) is 3.78. The van der Waals surface area contributed by atoms with Gasteiger partial charge in [-0.15, -0.1) is 0 Å². The summed E-state index contributed by atoms with van der Waals surface area (Å²) in [5, 5.41) is 9.83. The van der Waals surface area contributed by atoms with Crippen LogP contribution in [0.15, 0.2) is 72.8 Å². The highest BCUT2D eigenvalue weighted by Gasteiger charge is 2.32. The summed E-state index contributed by atoms with van der Waals surface area (Å²) >= 11 is 0. The predicted octanol–water partition coefficient (Wildman–Crippen LogP) is 4.33. The van der Waals surface area contributed by atoms with E-state index in [9.17, 15) is 14.7 Å². The molecule has 3 aromatic carbocycles. The number of rotatable bonds is 11. The number of ether oxygens (including phenoxy) is 4. The summed E-state index contributed by atoms with van der Waals surface area (Å²) in [5.41, 5.74) is 2.37. The average Bonchev–Trinajstić information content (AvgIpc) is 2.87. The molecule has 0 aliphatic rings. The maximum atomic E-state index is 13.0. The Balaban J connectivity index is 1.83. The number of carbonyl (C=O) groups excluding carboxylic acids is 1. The van der Waals surface area contributed by atoms with Crippen molar-refractivity contribution in [2.75, 3.05) is 27.9 Å². The monoisotopic (exact) mass is 464 g/mol. The lowest BCUT2D eigenvalue weighted by atomic mass is 9.92. The molecule has 3 aromatic rings. The molecule has 3 rings (SSSR count). The fraction of sp³-hybridized carbons (Fsp3) is 0.259. The fourth-order valence-corrected chi connectivity index (χ4v) is 3.78. The van der Waals surface area contributed by atoms with Gasteiger partial charge in [0.05, 0.1) is 21.3 Å². The number of carbonyl (C=O) groups is 2. The van der Waals surface area contributed by atoms with Gasteiger partial charge in [0.2, 0.25) is 0 Å². The van der Waals surface area contributed by atoms with E-state index in [1.165, 1.54) is 21.3 Å². The minimum atomic E-state index is -1.44. The summed E-state index contributed by atoms with van der Waals surface area (Å²) in [5.74, 6) is -2.58. The molecule has 0 spiro atoms. The van der Waals surface area contributed by atoms with E-state index in [0.717, 1.165) is 11.1 Å². The standard InChI is InChI=1S/C27H28O7/c1-31-20-14-24(32-2)21(25(15-20)33-3)16-22(26(28)29)27(30)34-17-23(18-10-6-4-7-11-18)19-12-8-5-9-13-19/h4-15,22-23H,16-17H2,1-3H3,(H,28,29). The molecule has 0 saturated heterocycles. The SMILES string of the molecule is COc1cc(OC)c(CC(C(=O)O)C(=O)OCC(c2ccccc2)c2ccccc2)c(OC)c1. The van der Waals surface area contributed by atoms with Gasteiger partial charge in [-0.05, 0) is 11.1 Å². The molecule has 0 heterocycles. The van der Waals surface area contributed by atoms with Crippen molar-refractivity contribution in [2.24, 2.45) is 5.92 Å². The molecule has 34 heavy (non-hydrogen) atoms. The first kappa shape index (κ1) is 24.6. The van der Waals surface area contributed by atoms with E-state index >= 15 is 0 Å². The molecule has 1 unspecified atom stereocenters. The van der Waals surface area contributed by atoms with Gasteiger partial charge in [0.25, 0.3) is 0 Å². The van der Waals surface area contributed by atoms with Crippen molar-refractivity contribution in [1.29, 1.82) is 0 Å². The number of methoxy groups -OCH3 is 3. The number of hydrogen-bond donors (Lipinski definition) is 1. The van der Waals surface area contributed by atoms with E-state index in [2.05, 4.69) is 0 Å². The van der Waals surface area contributed by atoms with Gasteiger partial charge in [0.15, 0.2) is 5.92 Å². The van der Waals surface area contributed by atoms with E-state index in [0.29, 0.717) is 22.8 Å². The predicted molar refractivity (Wildman–Crippen MR) is 127 cm³/mol. The third-order valence-electron chi connectivity index (χ3n) is 5.60. The van der Waals surface area contributed by atoms with Gasteiger partial charge < -0.3 is 24.1 Å². The molecule has 1 atom stereocenters. The summed E-state index contributed by atoms with van der Waals surface area (Å²) in [4.78, 5) is 25.0. The van der Waals surface area contributed by atoms with Gasteiger partial charge in [-0.2, -0.15) is 0 Å². The van der Waals surface area contributed by atoms with E-state index in [4.69, 9.17) is 18.9 Å². The van der Waals surface area contributed by atoms with E-state index < -0.39 is 17.9 Å². The van der Waals surface area contributed by atoms with Crippen LogP contribution >= 0.6 is 0 Å². The van der Waals surface area contributed by atoms with Crippen molar-refractivity contribution in [1.82, 2.24) is 0 Å². The molecule has 0 bridgehead atoms. The Morgan fingerprint density at radius 3 is 1.71 bits per heavy atom. The third kappa shape index (κ3) is 5.86. The zero-order chi connectivity index (χ0) is 24.5. The van der Waals surface area contributed by atoms with Crippen molar-refractivity contribution in [3.63, 3.8) is 0 Å². The van der Waals surface area contributed by atoms with Crippen LogP contribution in [0.2, 0.25) is 0 Å². The van der Waals surface area contributed by atoms with Gasteiger partial charge in [-0.25, -0.2) is 0 Å². The Morgan fingerprint density at radius 1 is 0.794 bits per heavy atom. The normalized spacial score (nSPS) is 11.5. The Morgan fingerprint density at radius 2 is 1.29 bits per heavy atom. The summed E-state index contributed by atoms with van der Waals surface area (Å²) in [6.07, 6.45) is -0.161. The van der Waals surface area contributed by atoms with E-state index in [-0.39, 0.29) is 18.9 Å². The van der Waals surface area contributed by atoms with E-state index in [1.54, 1.807) is 12.1 Å². The minimum Gasteiger partial charge on any atom is -0.496 e. The Labute approximate surface area is 198 Å². The zero-order valence-corrected chi connectivity index (χ0v) is 19.4. The molecular formula is C27H28O7. The lowest BCUT2D eigenvalue weighted by Gasteiger charge is -2.21. The zero-order valence-electron chi connectivity index (χ0n) is 19.4. The quantitative estimate of drug-likeness (QED) is 0.334. The van der Waals surface area contributed by atoms with Gasteiger partial charge >= 0.3 is 11.9 Å². The maximum absolute atomic E-state index is 13.0. The van der Waals surface area contributed by atoms with Crippen LogP contribution in [-0.2, 0) is 20.7 Å². The third-order valence-corrected chi connectivity index (χ3v) is 5.60. The first-order valence-electron chi connectivity index (χ1n) is 10.8. The lowest BCUT2D eigenvalue weighted by molar-refractivity contribution is -0.158. The van der Waals surface area contributed by atoms with Gasteiger partial charge in [-0.3, -0.25) is 9.59 Å². The van der Waals surface area contributed by atoms with Crippen LogP contribution in [0, 0.1) is 5.92 Å². The minimum absolute atomic E-state index is 0.00746. The first-order chi connectivity index (χ1) is 16.5. The molecule has 0 aliphatic carbocycles. The molecule has 0 saturated carbocycles. The molecule has 0 radical (unpaired) electrons. The van der Waals surface area contributed by atoms with Crippen LogP contribution in [0.25, 0.3) is 0 Å². The van der Waals surface area contributed by atoms with Gasteiger partial charge in [0, 0.05) is 30.0 Å². The molecule has 0 aromatic heterocycles. The Kier molecular flexibility index (Phi) is 8.51. The summed E-state index contributed by atoms with van der Waals surface area (Å²) < 4.78 is 21.6. The second-order valence-corrected chi connectivity index (χ2v) is 7.61. The summed E-state index contributed by atoms with van der Waals surface area (Å²) in [7, 11) is 4.41. The first-order valence-corrected chi connectivity index (χ1v) is 10.8. The van der Waals surface area contributed by atoms with Gasteiger partial charge in [0.1, 0.15) is 23.9 Å². The molecule has 1 N–H and O–H groups in total. The highest BCUT2D eigenvalue weighted by atomic mass is 16.5. The smallest absolute Gasteiger partial charge is 0.320 e. The van der Waals surface area contributed by atoms with Crippen LogP contribution in [0.4, 0.5) is 0 Å². The molecular weight excluding hydrogens is 436 g/mol. The van der Waals surface area contributed by atoms with Crippen LogP contribution in [0.1, 0.15) is 22.6 Å². The molecule has 7 heteroatoms. The molecule has 0 aliphatic heterocycles. The number of benzene rings is 3. The topological polar surface area (TPSA) is 91.3 Å². The van der Waals surface area contributed by atoms with Crippen LogP contribution in [0.5, 0.6) is 17.2 Å². The van der Waals surface area contributed by atoms with Crippen LogP contribution in [-0.4, -0.2) is 45.0 Å². The molecule has 0 fully saturated rings. The Bertz CT molecular complexity index is 1030. The number of esters is 1. The number of aliphatic carboxylic acids is 1. The highest BCUT2D eigenvalue weighted by molar-refractivity contribution is 5.94. The van der Waals surface area contributed by atoms with Crippen LogP contribution < -0.4 is 14.2 Å². The van der Waals surface area contributed by atoms with Crippen molar-refractivity contribution >= 4 is 11.9 Å². The number of carboxylic acids is 1. The van der Waals surface area contributed by atoms with Crippen molar-refractivity contribution in [2.45, 2.75) is 12.3 Å². The maximum Gasteiger partial charge on any atom is 0.320 e. The Hall–Kier alpha value is -4.00. The van der Waals surface area contributed by atoms with Gasteiger partial charge in [-0.1, -0.05) is 60.7 Å². The molecule has 7 nitrogen and oxygen atoms in total. The second-order valence-electron chi connectivity index (χ2n) is 7.61. The number of hydrogen-bond acceptors (Lipinski definition) is 6. The lowest BCUT2D eigenvalue weighted by Crippen LogP contribution is -2.29. The van der Waals surface area contributed by atoms with Crippen molar-refractivity contribution in [3.05, 3.63) is 89.5 Å².